The average molecular weight is 575 g/mol. The molecule has 0 spiro atoms. The fourth-order valence-corrected chi connectivity index (χ4v) is 4.83. The molecular formula is C29H26F8O3. The Bertz CT molecular complexity index is 1290. The summed E-state index contributed by atoms with van der Waals surface area (Å²) in [6, 6.07) is 4.92. The van der Waals surface area contributed by atoms with Gasteiger partial charge in [0.1, 0.15) is 35.6 Å². The van der Waals surface area contributed by atoms with Crippen LogP contribution in [0, 0.1) is 40.8 Å². The third-order valence-corrected chi connectivity index (χ3v) is 6.88. The summed E-state index contributed by atoms with van der Waals surface area (Å²) in [5, 5.41) is 0. The molecule has 0 unspecified atom stereocenters. The molecule has 3 aromatic rings. The maximum atomic E-state index is 14.9. The van der Waals surface area contributed by atoms with Crippen molar-refractivity contribution >= 4 is 0 Å². The number of benzene rings is 3. The van der Waals surface area contributed by atoms with E-state index < -0.39 is 63.5 Å². The van der Waals surface area contributed by atoms with E-state index in [-0.39, 0.29) is 24.2 Å². The molecule has 1 fully saturated rings. The fraction of sp³-hybridized carbons (Fsp3) is 0.379. The molecule has 3 nitrogen and oxygen atoms in total. The second kappa shape index (κ2) is 12.6. The minimum atomic E-state index is -4.52. The van der Waals surface area contributed by atoms with Crippen LogP contribution in [0.3, 0.4) is 0 Å². The molecule has 3 aromatic carbocycles. The fourth-order valence-electron chi connectivity index (χ4n) is 4.83. The van der Waals surface area contributed by atoms with Crippen molar-refractivity contribution in [2.75, 3.05) is 20.0 Å². The Kier molecular flexibility index (Phi) is 9.35. The second-order valence-electron chi connectivity index (χ2n) is 9.57. The molecule has 0 aromatic heterocycles. The molecule has 0 aliphatic heterocycles. The van der Waals surface area contributed by atoms with E-state index in [1.807, 2.05) is 6.92 Å². The molecule has 1 aliphatic carbocycles. The minimum Gasteiger partial charge on any atom is -0.429 e. The summed E-state index contributed by atoms with van der Waals surface area (Å²) in [5.74, 6) is -9.95. The van der Waals surface area contributed by atoms with Crippen LogP contribution in [0.25, 0.3) is 11.1 Å². The maximum Gasteiger partial charge on any atom is 0.432 e. The predicted molar refractivity (Wildman–Crippen MR) is 130 cm³/mol. The van der Waals surface area contributed by atoms with Gasteiger partial charge in [0.2, 0.25) is 0 Å². The van der Waals surface area contributed by atoms with Gasteiger partial charge >= 0.3 is 6.11 Å². The van der Waals surface area contributed by atoms with Gasteiger partial charge < -0.3 is 14.2 Å². The van der Waals surface area contributed by atoms with Crippen LogP contribution < -0.4 is 4.74 Å². The highest BCUT2D eigenvalue weighted by Crippen LogP contribution is 2.41. The molecule has 0 N–H and O–H groups in total. The molecule has 1 saturated carbocycles. The maximum absolute atomic E-state index is 14.9. The van der Waals surface area contributed by atoms with E-state index in [4.69, 9.17) is 9.47 Å². The van der Waals surface area contributed by atoms with Gasteiger partial charge in [-0.1, -0.05) is 0 Å². The molecule has 1 aliphatic rings. The lowest BCUT2D eigenvalue weighted by atomic mass is 9.79. The zero-order valence-electron chi connectivity index (χ0n) is 21.4. The van der Waals surface area contributed by atoms with Crippen molar-refractivity contribution in [3.05, 3.63) is 88.5 Å². The third kappa shape index (κ3) is 6.75. The molecule has 0 radical (unpaired) electrons. The van der Waals surface area contributed by atoms with Gasteiger partial charge in [0, 0.05) is 18.2 Å². The summed E-state index contributed by atoms with van der Waals surface area (Å²) in [6.45, 7) is 3.07. The van der Waals surface area contributed by atoms with Gasteiger partial charge in [-0.15, -0.1) is 0 Å². The van der Waals surface area contributed by atoms with Crippen molar-refractivity contribution in [1.82, 2.24) is 0 Å². The van der Waals surface area contributed by atoms with Gasteiger partial charge in [-0.3, -0.25) is 0 Å². The summed E-state index contributed by atoms with van der Waals surface area (Å²) >= 11 is 0. The minimum absolute atomic E-state index is 0.190. The van der Waals surface area contributed by atoms with Gasteiger partial charge in [0.25, 0.3) is 0 Å². The van der Waals surface area contributed by atoms with Crippen molar-refractivity contribution in [3.8, 4) is 16.9 Å². The number of alkyl halides is 2. The van der Waals surface area contributed by atoms with Crippen LogP contribution in [0.15, 0.2) is 42.5 Å². The molecular weight excluding hydrogens is 548 g/mol. The van der Waals surface area contributed by atoms with Crippen molar-refractivity contribution in [2.45, 2.75) is 44.6 Å². The van der Waals surface area contributed by atoms with Crippen molar-refractivity contribution in [3.63, 3.8) is 0 Å². The first-order chi connectivity index (χ1) is 19.0. The van der Waals surface area contributed by atoms with E-state index in [9.17, 15) is 35.1 Å². The SMILES string of the molecule is CCOCOCC1CCC(c2cc(F)c(C(F)(F)Oc3ccc(-c4cc(F)c(F)c(F)c4)c(F)c3)c(F)c2)CC1. The van der Waals surface area contributed by atoms with Crippen LogP contribution in [0.2, 0.25) is 0 Å². The highest BCUT2D eigenvalue weighted by Gasteiger charge is 2.41. The van der Waals surface area contributed by atoms with Crippen LogP contribution in [0.5, 0.6) is 5.75 Å². The molecule has 4 rings (SSSR count). The first-order valence-corrected chi connectivity index (χ1v) is 12.7. The van der Waals surface area contributed by atoms with Crippen LogP contribution in [-0.2, 0) is 15.6 Å². The second-order valence-corrected chi connectivity index (χ2v) is 9.57. The van der Waals surface area contributed by atoms with Gasteiger partial charge in [-0.2, -0.15) is 8.78 Å². The van der Waals surface area contributed by atoms with Crippen molar-refractivity contribution in [2.24, 2.45) is 5.92 Å². The molecule has 40 heavy (non-hydrogen) atoms. The number of rotatable bonds is 10. The molecule has 0 bridgehead atoms. The van der Waals surface area contributed by atoms with E-state index in [1.165, 1.54) is 0 Å². The number of ether oxygens (including phenoxy) is 3. The number of hydrogen-bond acceptors (Lipinski definition) is 3. The molecule has 216 valence electrons. The lowest BCUT2D eigenvalue weighted by molar-refractivity contribution is -0.189. The zero-order valence-corrected chi connectivity index (χ0v) is 21.4. The topological polar surface area (TPSA) is 27.7 Å². The average Bonchev–Trinajstić information content (AvgIpc) is 2.89. The van der Waals surface area contributed by atoms with E-state index in [0.717, 1.165) is 37.1 Å². The quantitative estimate of drug-likeness (QED) is 0.105. The summed E-state index contributed by atoms with van der Waals surface area (Å²) < 4.78 is 129. The molecule has 0 atom stereocenters. The smallest absolute Gasteiger partial charge is 0.429 e. The number of hydrogen-bond donors (Lipinski definition) is 0. The standard InChI is InChI=1S/C29H26F8O3/c1-2-38-15-39-14-16-3-5-17(6-4-16)18-9-23(31)27(24(32)10-18)29(36,37)40-20-7-8-21(22(30)13-20)19-11-25(33)28(35)26(34)12-19/h7-13,16-17H,2-6,14-15H2,1H3. The largest absolute Gasteiger partial charge is 0.432 e. The van der Waals surface area contributed by atoms with E-state index in [0.29, 0.717) is 44.3 Å². The zero-order chi connectivity index (χ0) is 29.0. The number of halogens is 8. The Morgan fingerprint density at radius 1 is 0.750 bits per heavy atom. The summed E-state index contributed by atoms with van der Waals surface area (Å²) in [5.41, 5.74) is -2.23. The van der Waals surface area contributed by atoms with Gasteiger partial charge in [-0.25, -0.2) is 26.3 Å². The summed E-state index contributed by atoms with van der Waals surface area (Å²) in [6.07, 6.45) is -1.85. The predicted octanol–water partition coefficient (Wildman–Crippen LogP) is 8.60. The van der Waals surface area contributed by atoms with E-state index in [1.54, 1.807) is 0 Å². The highest BCUT2D eigenvalue weighted by molar-refractivity contribution is 5.65. The van der Waals surface area contributed by atoms with E-state index in [2.05, 4.69) is 4.74 Å². The lowest BCUT2D eigenvalue weighted by Crippen LogP contribution is -2.26. The van der Waals surface area contributed by atoms with Crippen molar-refractivity contribution in [1.29, 1.82) is 0 Å². The van der Waals surface area contributed by atoms with Crippen molar-refractivity contribution < 1.29 is 49.3 Å². The van der Waals surface area contributed by atoms with Gasteiger partial charge in [0.15, 0.2) is 17.5 Å². The first-order valence-electron chi connectivity index (χ1n) is 12.7. The lowest BCUT2D eigenvalue weighted by Gasteiger charge is -2.29. The highest BCUT2D eigenvalue weighted by atomic mass is 19.3. The van der Waals surface area contributed by atoms with Crippen LogP contribution >= 0.6 is 0 Å². The Morgan fingerprint density at radius 2 is 1.38 bits per heavy atom. The first kappa shape index (κ1) is 29.8. The van der Waals surface area contributed by atoms with Gasteiger partial charge in [0.05, 0.1) is 6.61 Å². The molecule has 0 heterocycles. The Labute approximate surface area is 225 Å². The monoisotopic (exact) mass is 574 g/mol. The molecule has 0 saturated heterocycles. The Morgan fingerprint density at radius 3 is 1.95 bits per heavy atom. The summed E-state index contributed by atoms with van der Waals surface area (Å²) in [7, 11) is 0. The third-order valence-electron chi connectivity index (χ3n) is 6.88. The summed E-state index contributed by atoms with van der Waals surface area (Å²) in [4.78, 5) is 0. The Balaban J connectivity index is 1.46. The van der Waals surface area contributed by atoms with Gasteiger partial charge in [-0.05, 0) is 92.0 Å². The van der Waals surface area contributed by atoms with Crippen LogP contribution in [-0.4, -0.2) is 20.0 Å². The normalized spacial score (nSPS) is 17.7. The Hall–Kier alpha value is -3.18. The molecule has 0 amide bonds. The molecule has 11 heteroatoms. The van der Waals surface area contributed by atoms with Crippen LogP contribution in [0.1, 0.15) is 49.7 Å². The van der Waals surface area contributed by atoms with Crippen LogP contribution in [0.4, 0.5) is 35.1 Å². The van der Waals surface area contributed by atoms with E-state index >= 15 is 0 Å².